The zero-order valence-corrected chi connectivity index (χ0v) is 10.2. The Hall–Kier alpha value is -0.0800. The van der Waals surface area contributed by atoms with Crippen LogP contribution in [0.4, 0.5) is 0 Å². The van der Waals surface area contributed by atoms with Crippen LogP contribution >= 0.6 is 0 Å². The van der Waals surface area contributed by atoms with E-state index in [1.165, 1.54) is 32.4 Å². The zero-order valence-electron chi connectivity index (χ0n) is 10.2. The smallest absolute Gasteiger partial charge is 0.0119 e. The van der Waals surface area contributed by atoms with E-state index in [9.17, 15) is 0 Å². The van der Waals surface area contributed by atoms with E-state index >= 15 is 0 Å². The maximum Gasteiger partial charge on any atom is 0.0119 e. The van der Waals surface area contributed by atoms with Crippen molar-refractivity contribution >= 4 is 0 Å². The predicted octanol–water partition coefficient (Wildman–Crippen LogP) is 2.10. The molecule has 2 unspecified atom stereocenters. The average Bonchev–Trinajstić information content (AvgIpc) is 2.62. The van der Waals surface area contributed by atoms with Crippen LogP contribution in [0.15, 0.2) is 0 Å². The summed E-state index contributed by atoms with van der Waals surface area (Å²) in [6.07, 6.45) is 4.09. The van der Waals surface area contributed by atoms with Crippen molar-refractivity contribution in [3.8, 4) is 0 Å². The fraction of sp³-hybridized carbons (Fsp3) is 1.00. The first-order valence-corrected chi connectivity index (χ1v) is 6.06. The molecular weight excluding hydrogens is 172 g/mol. The van der Waals surface area contributed by atoms with E-state index in [0.717, 1.165) is 12.0 Å². The van der Waals surface area contributed by atoms with E-state index in [1.54, 1.807) is 0 Å². The molecule has 1 N–H and O–H groups in total. The standard InChI is InChI=1S/C12H26N2/c1-10(2)12-6-5-8-14(12)9-7-11(3)13-4/h10-13H,5-9H2,1-4H3. The molecule has 1 saturated heterocycles. The Morgan fingerprint density at radius 3 is 2.64 bits per heavy atom. The van der Waals surface area contributed by atoms with Crippen molar-refractivity contribution in [3.63, 3.8) is 0 Å². The van der Waals surface area contributed by atoms with Crippen molar-refractivity contribution < 1.29 is 0 Å². The van der Waals surface area contributed by atoms with Crippen LogP contribution in [0.25, 0.3) is 0 Å². The van der Waals surface area contributed by atoms with Gasteiger partial charge in [0.2, 0.25) is 0 Å². The van der Waals surface area contributed by atoms with E-state index in [2.05, 4.69) is 38.0 Å². The quantitative estimate of drug-likeness (QED) is 0.728. The molecule has 0 aromatic heterocycles. The first kappa shape index (κ1) is 12.0. The summed E-state index contributed by atoms with van der Waals surface area (Å²) in [5.41, 5.74) is 0. The van der Waals surface area contributed by atoms with Crippen LogP contribution in [0.1, 0.15) is 40.0 Å². The second kappa shape index (κ2) is 5.72. The van der Waals surface area contributed by atoms with Gasteiger partial charge in [0.15, 0.2) is 0 Å². The molecule has 0 bridgehead atoms. The molecule has 1 fully saturated rings. The van der Waals surface area contributed by atoms with Crippen molar-refractivity contribution in [1.82, 2.24) is 10.2 Å². The van der Waals surface area contributed by atoms with Gasteiger partial charge in [-0.25, -0.2) is 0 Å². The number of hydrogen-bond donors (Lipinski definition) is 1. The van der Waals surface area contributed by atoms with Crippen LogP contribution in [0.3, 0.4) is 0 Å². The van der Waals surface area contributed by atoms with Gasteiger partial charge in [0, 0.05) is 12.1 Å². The van der Waals surface area contributed by atoms with E-state index in [1.807, 2.05) is 0 Å². The van der Waals surface area contributed by atoms with Gasteiger partial charge < -0.3 is 10.2 Å². The minimum Gasteiger partial charge on any atom is -0.317 e. The Morgan fingerprint density at radius 2 is 2.07 bits per heavy atom. The fourth-order valence-electron chi connectivity index (χ4n) is 2.39. The second-order valence-electron chi connectivity index (χ2n) is 4.97. The van der Waals surface area contributed by atoms with Crippen LogP contribution in [0.2, 0.25) is 0 Å². The Balaban J connectivity index is 2.29. The highest BCUT2D eigenvalue weighted by atomic mass is 15.2. The summed E-state index contributed by atoms with van der Waals surface area (Å²) >= 11 is 0. The Labute approximate surface area is 89.1 Å². The number of nitrogens with one attached hydrogen (secondary N) is 1. The highest BCUT2D eigenvalue weighted by Crippen LogP contribution is 2.23. The molecule has 1 heterocycles. The van der Waals surface area contributed by atoms with Crippen LogP contribution in [0, 0.1) is 5.92 Å². The third kappa shape index (κ3) is 3.25. The maximum atomic E-state index is 3.31. The van der Waals surface area contributed by atoms with Crippen LogP contribution in [0.5, 0.6) is 0 Å². The molecule has 2 nitrogen and oxygen atoms in total. The molecule has 1 rings (SSSR count). The summed E-state index contributed by atoms with van der Waals surface area (Å²) in [5, 5.41) is 3.31. The van der Waals surface area contributed by atoms with Gasteiger partial charge in [0.1, 0.15) is 0 Å². The SMILES string of the molecule is CNC(C)CCN1CCCC1C(C)C. The van der Waals surface area contributed by atoms with Crippen LogP contribution in [-0.4, -0.2) is 37.1 Å². The summed E-state index contributed by atoms with van der Waals surface area (Å²) in [7, 11) is 2.05. The molecule has 0 aliphatic carbocycles. The second-order valence-corrected chi connectivity index (χ2v) is 4.97. The highest BCUT2D eigenvalue weighted by Gasteiger charge is 2.26. The molecule has 84 valence electrons. The topological polar surface area (TPSA) is 15.3 Å². The Morgan fingerprint density at radius 1 is 1.36 bits per heavy atom. The molecule has 0 amide bonds. The lowest BCUT2D eigenvalue weighted by atomic mass is 10.0. The average molecular weight is 198 g/mol. The number of nitrogens with zero attached hydrogens (tertiary/aromatic N) is 1. The molecule has 14 heavy (non-hydrogen) atoms. The lowest BCUT2D eigenvalue weighted by Gasteiger charge is -2.28. The third-order valence-corrected chi connectivity index (χ3v) is 3.53. The monoisotopic (exact) mass is 198 g/mol. The van der Waals surface area contributed by atoms with Crippen LogP contribution < -0.4 is 5.32 Å². The minimum absolute atomic E-state index is 0.656. The summed E-state index contributed by atoms with van der Waals surface area (Å²) in [6.45, 7) is 9.56. The number of hydrogen-bond acceptors (Lipinski definition) is 2. The summed E-state index contributed by atoms with van der Waals surface area (Å²) in [5.74, 6) is 0.822. The number of likely N-dealkylation sites (tertiary alicyclic amines) is 1. The number of rotatable bonds is 5. The zero-order chi connectivity index (χ0) is 10.6. The van der Waals surface area contributed by atoms with E-state index in [4.69, 9.17) is 0 Å². The lowest BCUT2D eigenvalue weighted by Crippen LogP contribution is -2.36. The van der Waals surface area contributed by atoms with Gasteiger partial charge >= 0.3 is 0 Å². The van der Waals surface area contributed by atoms with Gasteiger partial charge in [-0.05, 0) is 52.2 Å². The normalized spacial score (nSPS) is 25.9. The molecule has 0 radical (unpaired) electrons. The van der Waals surface area contributed by atoms with E-state index in [0.29, 0.717) is 6.04 Å². The van der Waals surface area contributed by atoms with Gasteiger partial charge in [-0.2, -0.15) is 0 Å². The molecular formula is C12H26N2. The van der Waals surface area contributed by atoms with Crippen LogP contribution in [-0.2, 0) is 0 Å². The Bertz CT molecular complexity index is 156. The maximum absolute atomic E-state index is 3.31. The molecule has 0 aromatic carbocycles. The molecule has 0 aromatic rings. The summed E-state index contributed by atoms with van der Waals surface area (Å²) in [4.78, 5) is 2.68. The van der Waals surface area contributed by atoms with Gasteiger partial charge in [-0.1, -0.05) is 13.8 Å². The first-order valence-electron chi connectivity index (χ1n) is 6.06. The summed E-state index contributed by atoms with van der Waals surface area (Å²) in [6, 6.07) is 1.50. The third-order valence-electron chi connectivity index (χ3n) is 3.53. The van der Waals surface area contributed by atoms with Crippen molar-refractivity contribution in [1.29, 1.82) is 0 Å². The van der Waals surface area contributed by atoms with Crippen molar-refractivity contribution in [2.75, 3.05) is 20.1 Å². The molecule has 2 atom stereocenters. The largest absolute Gasteiger partial charge is 0.317 e. The van der Waals surface area contributed by atoms with Crippen molar-refractivity contribution in [2.24, 2.45) is 5.92 Å². The molecule has 2 heteroatoms. The minimum atomic E-state index is 0.656. The lowest BCUT2D eigenvalue weighted by molar-refractivity contribution is 0.199. The fourth-order valence-corrected chi connectivity index (χ4v) is 2.39. The van der Waals surface area contributed by atoms with Gasteiger partial charge in [-0.3, -0.25) is 0 Å². The predicted molar refractivity (Wildman–Crippen MR) is 62.6 cm³/mol. The van der Waals surface area contributed by atoms with E-state index < -0.39 is 0 Å². The molecule has 0 spiro atoms. The van der Waals surface area contributed by atoms with Crippen molar-refractivity contribution in [3.05, 3.63) is 0 Å². The molecule has 0 saturated carbocycles. The van der Waals surface area contributed by atoms with Crippen molar-refractivity contribution in [2.45, 2.75) is 52.1 Å². The van der Waals surface area contributed by atoms with Gasteiger partial charge in [0.25, 0.3) is 0 Å². The Kier molecular flexibility index (Phi) is 4.90. The highest BCUT2D eigenvalue weighted by molar-refractivity contribution is 4.81. The first-order chi connectivity index (χ1) is 6.65. The van der Waals surface area contributed by atoms with Gasteiger partial charge in [0.05, 0.1) is 0 Å². The van der Waals surface area contributed by atoms with E-state index in [-0.39, 0.29) is 0 Å². The summed E-state index contributed by atoms with van der Waals surface area (Å²) < 4.78 is 0. The van der Waals surface area contributed by atoms with Gasteiger partial charge in [-0.15, -0.1) is 0 Å². The molecule has 1 aliphatic heterocycles. The molecule has 1 aliphatic rings.